The molecule has 4 aromatic rings. The maximum atomic E-state index is 6.64. The molecule has 0 aliphatic carbocycles. The van der Waals surface area contributed by atoms with Gasteiger partial charge in [-0.2, -0.15) is 4.57 Å². The Hall–Kier alpha value is -2.17. The molecular weight excluding hydrogens is 354 g/mol. The summed E-state index contributed by atoms with van der Waals surface area (Å²) in [4.78, 5) is 0. The quantitative estimate of drug-likeness (QED) is 0.278. The predicted octanol–water partition coefficient (Wildman–Crippen LogP) is 5.51. The minimum atomic E-state index is -1.61. The van der Waals surface area contributed by atoms with Gasteiger partial charge in [-0.3, -0.25) is 0 Å². The number of benzene rings is 2. The Morgan fingerprint density at radius 2 is 1.85 bits per heavy atom. The van der Waals surface area contributed by atoms with Gasteiger partial charge in [0, 0.05) is 16.6 Å². The number of ether oxygens (including phenoxy) is 1. The molecule has 0 spiro atoms. The van der Waals surface area contributed by atoms with Gasteiger partial charge in [0.2, 0.25) is 5.52 Å². The monoisotopic (exact) mass is 376 g/mol. The van der Waals surface area contributed by atoms with Gasteiger partial charge in [-0.05, 0) is 29.3 Å². The molecule has 1 aliphatic rings. The van der Waals surface area contributed by atoms with Gasteiger partial charge in [0.15, 0.2) is 5.75 Å². The Labute approximate surface area is 158 Å². The summed E-state index contributed by atoms with van der Waals surface area (Å²) in [6.07, 6.45) is 0. The van der Waals surface area contributed by atoms with Crippen LogP contribution in [0.5, 0.6) is 11.5 Å². The molecule has 0 fully saturated rings. The molecule has 0 amide bonds. The zero-order valence-corrected chi connectivity index (χ0v) is 17.6. The van der Waals surface area contributed by atoms with E-state index >= 15 is 0 Å². The molecule has 1 aliphatic heterocycles. The van der Waals surface area contributed by atoms with Crippen LogP contribution in [0.2, 0.25) is 19.6 Å². The molecule has 0 bridgehead atoms. The molecule has 2 nitrogen and oxygen atoms in total. The SMILES string of the molecule is Cc1ccc2cccc3c2c1-c1c(c([Si](C)(C)C)c2sccc2[n+]1C)O3. The minimum absolute atomic E-state index is 0.990. The maximum absolute atomic E-state index is 6.64. The Morgan fingerprint density at radius 3 is 2.62 bits per heavy atom. The lowest BCUT2D eigenvalue weighted by Crippen LogP contribution is -2.44. The number of hydrogen-bond donors (Lipinski definition) is 0. The lowest BCUT2D eigenvalue weighted by molar-refractivity contribution is -0.633. The second kappa shape index (κ2) is 5.18. The van der Waals surface area contributed by atoms with Crippen LogP contribution >= 0.6 is 11.3 Å². The van der Waals surface area contributed by atoms with Crippen molar-refractivity contribution >= 4 is 45.6 Å². The minimum Gasteiger partial charge on any atom is -0.450 e. The number of nitrogens with zero attached hydrogens (tertiary/aromatic N) is 1. The molecule has 26 heavy (non-hydrogen) atoms. The molecule has 4 heteroatoms. The van der Waals surface area contributed by atoms with E-state index in [1.165, 1.54) is 43.0 Å². The summed E-state index contributed by atoms with van der Waals surface area (Å²) in [6.45, 7) is 9.46. The summed E-state index contributed by atoms with van der Waals surface area (Å²) in [5.74, 6) is 2.07. The highest BCUT2D eigenvalue weighted by Crippen LogP contribution is 2.47. The smallest absolute Gasteiger partial charge is 0.256 e. The first-order valence-electron chi connectivity index (χ1n) is 9.02. The first kappa shape index (κ1) is 16.0. The second-order valence-electron chi connectivity index (χ2n) is 8.21. The van der Waals surface area contributed by atoms with E-state index in [1.807, 2.05) is 11.3 Å². The van der Waals surface area contributed by atoms with Crippen molar-refractivity contribution in [1.82, 2.24) is 0 Å². The molecule has 0 saturated heterocycles. The summed E-state index contributed by atoms with van der Waals surface area (Å²) < 4.78 is 10.4. The molecule has 0 atom stereocenters. The van der Waals surface area contributed by atoms with E-state index in [2.05, 4.69) is 80.0 Å². The van der Waals surface area contributed by atoms with Crippen molar-refractivity contribution in [3.63, 3.8) is 0 Å². The van der Waals surface area contributed by atoms with E-state index in [9.17, 15) is 0 Å². The second-order valence-corrected chi connectivity index (χ2v) is 14.1. The summed E-state index contributed by atoms with van der Waals surface area (Å²) in [6, 6.07) is 13.1. The summed E-state index contributed by atoms with van der Waals surface area (Å²) in [5, 5.41) is 6.14. The Bertz CT molecular complexity index is 1220. The van der Waals surface area contributed by atoms with Crippen molar-refractivity contribution in [1.29, 1.82) is 0 Å². The van der Waals surface area contributed by atoms with Gasteiger partial charge in [-0.1, -0.05) is 43.9 Å². The molecular formula is C22H22NOSSi+. The summed E-state index contributed by atoms with van der Waals surface area (Å²) in [7, 11) is 0.565. The molecule has 0 unspecified atom stereocenters. The van der Waals surface area contributed by atoms with Crippen molar-refractivity contribution in [2.75, 3.05) is 0 Å². The standard InChI is InChI=1S/C22H22NOSSi/c1-13-9-10-14-7-6-8-16-18(14)17(13)19-20(24-16)22(26(3,4)5)21-15(23(19)2)11-12-25-21/h6-12H,1-5H3/q+1. The highest BCUT2D eigenvalue weighted by Gasteiger charge is 2.38. The van der Waals surface area contributed by atoms with E-state index in [0.717, 1.165) is 11.5 Å². The molecule has 2 aromatic carbocycles. The van der Waals surface area contributed by atoms with Crippen LogP contribution in [0.3, 0.4) is 0 Å². The number of aromatic nitrogens is 1. The van der Waals surface area contributed by atoms with Gasteiger partial charge >= 0.3 is 0 Å². The lowest BCUT2D eigenvalue weighted by atomic mass is 9.93. The van der Waals surface area contributed by atoms with Gasteiger partial charge in [0.05, 0.1) is 13.6 Å². The zero-order valence-electron chi connectivity index (χ0n) is 15.8. The van der Waals surface area contributed by atoms with Gasteiger partial charge in [0.1, 0.15) is 17.5 Å². The average Bonchev–Trinajstić information content (AvgIpc) is 3.05. The molecule has 2 aromatic heterocycles. The van der Waals surface area contributed by atoms with Crippen LogP contribution in [0, 0.1) is 6.92 Å². The van der Waals surface area contributed by atoms with Gasteiger partial charge < -0.3 is 4.74 Å². The van der Waals surface area contributed by atoms with Crippen molar-refractivity contribution in [3.8, 4) is 22.8 Å². The number of hydrogen-bond acceptors (Lipinski definition) is 2. The van der Waals surface area contributed by atoms with Crippen LogP contribution < -0.4 is 14.5 Å². The third-order valence-corrected chi connectivity index (χ3v) is 8.50. The van der Waals surface area contributed by atoms with E-state index in [0.29, 0.717) is 0 Å². The Morgan fingerprint density at radius 1 is 1.04 bits per heavy atom. The van der Waals surface area contributed by atoms with Gasteiger partial charge in [-0.15, -0.1) is 11.3 Å². The lowest BCUT2D eigenvalue weighted by Gasteiger charge is -2.27. The molecule has 5 rings (SSSR count). The molecule has 0 radical (unpaired) electrons. The third kappa shape index (κ3) is 2.00. The van der Waals surface area contributed by atoms with E-state index in [-0.39, 0.29) is 0 Å². The molecule has 0 N–H and O–H groups in total. The summed E-state index contributed by atoms with van der Waals surface area (Å²) in [5.41, 5.74) is 5.18. The van der Waals surface area contributed by atoms with Crippen molar-refractivity contribution in [2.24, 2.45) is 7.05 Å². The van der Waals surface area contributed by atoms with Crippen LogP contribution in [0.1, 0.15) is 5.56 Å². The van der Waals surface area contributed by atoms with Crippen LogP contribution in [-0.2, 0) is 7.05 Å². The van der Waals surface area contributed by atoms with Crippen molar-refractivity contribution in [3.05, 3.63) is 47.3 Å². The molecule has 3 heterocycles. The summed E-state index contributed by atoms with van der Waals surface area (Å²) >= 11 is 1.84. The predicted molar refractivity (Wildman–Crippen MR) is 114 cm³/mol. The number of fused-ring (bicyclic) bond motifs is 3. The normalized spacial score (nSPS) is 13.1. The molecule has 0 saturated carbocycles. The fourth-order valence-corrected chi connectivity index (χ4v) is 7.88. The van der Waals surface area contributed by atoms with Crippen LogP contribution in [-0.4, -0.2) is 8.07 Å². The highest BCUT2D eigenvalue weighted by atomic mass is 32.1. The highest BCUT2D eigenvalue weighted by molar-refractivity contribution is 7.19. The van der Waals surface area contributed by atoms with Crippen LogP contribution in [0.25, 0.3) is 32.2 Å². The molecule has 130 valence electrons. The number of pyridine rings is 1. The van der Waals surface area contributed by atoms with Crippen molar-refractivity contribution < 1.29 is 9.30 Å². The fourth-order valence-electron chi connectivity index (χ4n) is 4.26. The van der Waals surface area contributed by atoms with E-state index in [4.69, 9.17) is 4.74 Å². The fraction of sp³-hybridized carbons (Fsp3) is 0.227. The Balaban J connectivity index is 2.06. The maximum Gasteiger partial charge on any atom is 0.256 e. The van der Waals surface area contributed by atoms with Crippen LogP contribution in [0.4, 0.5) is 0 Å². The largest absolute Gasteiger partial charge is 0.450 e. The topological polar surface area (TPSA) is 13.1 Å². The number of aryl methyl sites for hydroxylation is 2. The number of thiophene rings is 1. The first-order valence-corrected chi connectivity index (χ1v) is 13.4. The number of rotatable bonds is 1. The Kier molecular flexibility index (Phi) is 3.19. The average molecular weight is 377 g/mol. The van der Waals surface area contributed by atoms with Gasteiger partial charge in [0.25, 0.3) is 5.69 Å². The third-order valence-electron chi connectivity index (χ3n) is 5.42. The van der Waals surface area contributed by atoms with E-state index in [1.54, 1.807) is 0 Å². The van der Waals surface area contributed by atoms with Crippen molar-refractivity contribution in [2.45, 2.75) is 26.6 Å². The first-order chi connectivity index (χ1) is 12.4. The van der Waals surface area contributed by atoms with Crippen LogP contribution in [0.15, 0.2) is 41.8 Å². The van der Waals surface area contributed by atoms with E-state index < -0.39 is 8.07 Å². The zero-order chi connectivity index (χ0) is 18.2. The van der Waals surface area contributed by atoms with Gasteiger partial charge in [-0.25, -0.2) is 0 Å².